The number of rotatable bonds is 6. The van der Waals surface area contributed by atoms with Gasteiger partial charge in [-0.05, 0) is 66.2 Å². The number of anilines is 2. The highest BCUT2D eigenvalue weighted by Gasteiger charge is 2.17. The van der Waals surface area contributed by atoms with Crippen LogP contribution in [0.2, 0.25) is 5.02 Å². The summed E-state index contributed by atoms with van der Waals surface area (Å²) < 4.78 is 13.1. The molecule has 142 valence electrons. The molecule has 0 spiro atoms. The van der Waals surface area contributed by atoms with Crippen molar-refractivity contribution in [2.45, 2.75) is 6.04 Å². The highest BCUT2D eigenvalue weighted by molar-refractivity contribution is 6.30. The molecule has 3 aromatic carbocycles. The first kappa shape index (κ1) is 19.4. The van der Waals surface area contributed by atoms with Gasteiger partial charge in [0.15, 0.2) is 0 Å². The molecule has 0 aliphatic carbocycles. The lowest BCUT2D eigenvalue weighted by molar-refractivity contribution is -0.118. The Hall–Kier alpha value is -3.38. The Bertz CT molecular complexity index is 974. The van der Waals surface area contributed by atoms with Crippen molar-refractivity contribution in [3.8, 4) is 0 Å². The van der Waals surface area contributed by atoms with E-state index in [1.165, 1.54) is 24.3 Å². The summed E-state index contributed by atoms with van der Waals surface area (Å²) in [7, 11) is 0. The summed E-state index contributed by atoms with van der Waals surface area (Å²) in [5.74, 6) is -1.25. The molecule has 0 heterocycles. The Morgan fingerprint density at radius 2 is 1.43 bits per heavy atom. The maximum atomic E-state index is 13.1. The number of hydrogen-bond donors (Lipinski definition) is 3. The van der Waals surface area contributed by atoms with Crippen molar-refractivity contribution < 1.29 is 14.0 Å². The van der Waals surface area contributed by atoms with Gasteiger partial charge in [-0.25, -0.2) is 4.39 Å². The summed E-state index contributed by atoms with van der Waals surface area (Å²) in [5.41, 5.74) is 7.71. The molecule has 1 atom stereocenters. The molecule has 0 aliphatic heterocycles. The second-order valence-electron chi connectivity index (χ2n) is 6.07. The van der Waals surface area contributed by atoms with Gasteiger partial charge >= 0.3 is 0 Å². The fourth-order valence-electron chi connectivity index (χ4n) is 2.59. The minimum absolute atomic E-state index is 0.265. The monoisotopic (exact) mass is 397 g/mol. The predicted octanol–water partition coefficient (Wildman–Crippen LogP) is 4.37. The van der Waals surface area contributed by atoms with Gasteiger partial charge in [-0.1, -0.05) is 23.7 Å². The van der Waals surface area contributed by atoms with Gasteiger partial charge in [0, 0.05) is 22.0 Å². The average molecular weight is 398 g/mol. The lowest BCUT2D eigenvalue weighted by atomic mass is 10.1. The normalized spacial score (nSPS) is 11.5. The van der Waals surface area contributed by atoms with Crippen LogP contribution in [0, 0.1) is 5.82 Å². The average Bonchev–Trinajstić information content (AvgIpc) is 2.68. The minimum atomic E-state index is -0.810. The SMILES string of the molecule is NC(=O)C(Nc1ccc(NC(=O)c2ccc(Cl)cc2)cc1)c1ccc(F)cc1. The third-order valence-electron chi connectivity index (χ3n) is 4.05. The molecule has 0 bridgehead atoms. The van der Waals surface area contributed by atoms with Crippen LogP contribution in [0.5, 0.6) is 0 Å². The van der Waals surface area contributed by atoms with Crippen molar-refractivity contribution in [3.63, 3.8) is 0 Å². The highest BCUT2D eigenvalue weighted by atomic mass is 35.5. The van der Waals surface area contributed by atoms with Crippen molar-refractivity contribution in [3.05, 3.63) is 94.8 Å². The van der Waals surface area contributed by atoms with Crippen molar-refractivity contribution in [1.29, 1.82) is 0 Å². The third-order valence-corrected chi connectivity index (χ3v) is 4.30. The molecule has 3 rings (SSSR count). The van der Waals surface area contributed by atoms with Crippen LogP contribution in [-0.2, 0) is 4.79 Å². The first-order valence-electron chi connectivity index (χ1n) is 8.41. The molecule has 0 fully saturated rings. The number of hydrogen-bond acceptors (Lipinski definition) is 3. The second-order valence-corrected chi connectivity index (χ2v) is 6.51. The molecule has 7 heteroatoms. The highest BCUT2D eigenvalue weighted by Crippen LogP contribution is 2.22. The van der Waals surface area contributed by atoms with Gasteiger partial charge in [0.2, 0.25) is 5.91 Å². The molecule has 2 amide bonds. The van der Waals surface area contributed by atoms with Crippen LogP contribution >= 0.6 is 11.6 Å². The minimum Gasteiger partial charge on any atom is -0.370 e. The quantitative estimate of drug-likeness (QED) is 0.577. The van der Waals surface area contributed by atoms with Gasteiger partial charge < -0.3 is 16.4 Å². The number of benzene rings is 3. The Morgan fingerprint density at radius 1 is 0.857 bits per heavy atom. The molecule has 0 saturated heterocycles. The van der Waals surface area contributed by atoms with Gasteiger partial charge in [-0.3, -0.25) is 9.59 Å². The maximum Gasteiger partial charge on any atom is 0.255 e. The van der Waals surface area contributed by atoms with Crippen LogP contribution < -0.4 is 16.4 Å². The summed E-state index contributed by atoms with van der Waals surface area (Å²) in [4.78, 5) is 24.0. The Kier molecular flexibility index (Phi) is 5.91. The number of amides is 2. The first-order chi connectivity index (χ1) is 13.4. The third kappa shape index (κ3) is 4.86. The van der Waals surface area contributed by atoms with E-state index in [0.717, 1.165) is 0 Å². The van der Waals surface area contributed by atoms with Crippen LogP contribution in [0.4, 0.5) is 15.8 Å². The molecule has 0 aliphatic rings. The first-order valence-corrected chi connectivity index (χ1v) is 8.78. The van der Waals surface area contributed by atoms with E-state index in [9.17, 15) is 14.0 Å². The molecular formula is C21H17ClFN3O2. The summed E-state index contributed by atoms with van der Waals surface area (Å²) in [6.45, 7) is 0. The molecule has 0 radical (unpaired) electrons. The predicted molar refractivity (Wildman–Crippen MR) is 108 cm³/mol. The Labute approximate surface area is 166 Å². The summed E-state index contributed by atoms with van der Waals surface area (Å²) in [5, 5.41) is 6.34. The topological polar surface area (TPSA) is 84.2 Å². The smallest absolute Gasteiger partial charge is 0.255 e. The van der Waals surface area contributed by atoms with Crippen molar-refractivity contribution in [2.24, 2.45) is 5.73 Å². The molecule has 0 aromatic heterocycles. The maximum absolute atomic E-state index is 13.1. The summed E-state index contributed by atoms with van der Waals surface area (Å²) >= 11 is 5.82. The van der Waals surface area contributed by atoms with Crippen molar-refractivity contribution >= 4 is 34.8 Å². The van der Waals surface area contributed by atoms with Crippen LogP contribution in [0.1, 0.15) is 22.0 Å². The lowest BCUT2D eigenvalue weighted by Gasteiger charge is -2.17. The van der Waals surface area contributed by atoms with E-state index >= 15 is 0 Å². The molecule has 28 heavy (non-hydrogen) atoms. The number of halogens is 2. The standard InChI is InChI=1S/C21H17ClFN3O2/c22-15-5-1-14(2-6-15)21(28)26-18-11-9-17(10-12-18)25-19(20(24)27)13-3-7-16(23)8-4-13/h1-12,19,25H,(H2,24,27)(H,26,28). The number of nitrogens with one attached hydrogen (secondary N) is 2. The van der Waals surface area contributed by atoms with Gasteiger partial charge in [-0.2, -0.15) is 0 Å². The number of primary amides is 1. The van der Waals surface area contributed by atoms with Crippen LogP contribution in [-0.4, -0.2) is 11.8 Å². The Balaban J connectivity index is 1.69. The number of carbonyl (C=O) groups excluding carboxylic acids is 2. The van der Waals surface area contributed by atoms with Gasteiger partial charge in [0.1, 0.15) is 11.9 Å². The second kappa shape index (κ2) is 8.54. The fourth-order valence-corrected chi connectivity index (χ4v) is 2.72. The van der Waals surface area contributed by atoms with Crippen LogP contribution in [0.3, 0.4) is 0 Å². The van der Waals surface area contributed by atoms with Crippen LogP contribution in [0.25, 0.3) is 0 Å². The lowest BCUT2D eigenvalue weighted by Crippen LogP contribution is -2.27. The van der Waals surface area contributed by atoms with E-state index < -0.39 is 17.8 Å². The molecule has 4 N–H and O–H groups in total. The van der Waals surface area contributed by atoms with E-state index in [-0.39, 0.29) is 5.91 Å². The molecule has 3 aromatic rings. The van der Waals surface area contributed by atoms with Gasteiger partial charge in [-0.15, -0.1) is 0 Å². The molecule has 1 unspecified atom stereocenters. The number of nitrogens with two attached hydrogens (primary N) is 1. The number of carbonyl (C=O) groups is 2. The van der Waals surface area contributed by atoms with E-state index in [2.05, 4.69) is 10.6 Å². The van der Waals surface area contributed by atoms with E-state index in [0.29, 0.717) is 27.5 Å². The Morgan fingerprint density at radius 3 is 2.00 bits per heavy atom. The summed E-state index contributed by atoms with van der Waals surface area (Å²) in [6.07, 6.45) is 0. The molecule has 0 saturated carbocycles. The summed E-state index contributed by atoms with van der Waals surface area (Å²) in [6, 6.07) is 18.1. The van der Waals surface area contributed by atoms with Crippen LogP contribution in [0.15, 0.2) is 72.8 Å². The van der Waals surface area contributed by atoms with Crippen molar-refractivity contribution in [1.82, 2.24) is 0 Å². The largest absolute Gasteiger partial charge is 0.370 e. The zero-order valence-electron chi connectivity index (χ0n) is 14.7. The van der Waals surface area contributed by atoms with E-state index in [4.69, 9.17) is 17.3 Å². The van der Waals surface area contributed by atoms with Gasteiger partial charge in [0.25, 0.3) is 5.91 Å². The van der Waals surface area contributed by atoms with E-state index in [1.54, 1.807) is 48.5 Å². The van der Waals surface area contributed by atoms with Gasteiger partial charge in [0.05, 0.1) is 0 Å². The zero-order valence-corrected chi connectivity index (χ0v) is 15.4. The van der Waals surface area contributed by atoms with E-state index in [1.807, 2.05) is 0 Å². The van der Waals surface area contributed by atoms with Crippen molar-refractivity contribution in [2.75, 3.05) is 10.6 Å². The molecular weight excluding hydrogens is 381 g/mol. The zero-order chi connectivity index (χ0) is 20.1. The molecule has 5 nitrogen and oxygen atoms in total. The fraction of sp³-hybridized carbons (Fsp3) is 0.0476.